The predicted octanol–water partition coefficient (Wildman–Crippen LogP) is 3.26. The minimum absolute atomic E-state index is 0.0443. The number of nitrogens with one attached hydrogen (secondary N) is 1. The molecule has 1 aliphatic carbocycles. The lowest BCUT2D eigenvalue weighted by molar-refractivity contribution is -0.0601. The van der Waals surface area contributed by atoms with Gasteiger partial charge in [0.15, 0.2) is 0 Å². The van der Waals surface area contributed by atoms with Crippen LogP contribution >= 0.6 is 0 Å². The molecule has 1 fully saturated rings. The molecule has 0 saturated heterocycles. The van der Waals surface area contributed by atoms with Crippen LogP contribution in [0.25, 0.3) is 11.3 Å². The van der Waals surface area contributed by atoms with Crippen LogP contribution in [0.1, 0.15) is 19.3 Å². The lowest BCUT2D eigenvalue weighted by atomic mass is 9.80. The van der Waals surface area contributed by atoms with Crippen LogP contribution in [0.15, 0.2) is 36.4 Å². The fourth-order valence-electron chi connectivity index (χ4n) is 2.48. The van der Waals surface area contributed by atoms with E-state index in [0.29, 0.717) is 0 Å². The first-order valence-corrected chi connectivity index (χ1v) is 7.09. The van der Waals surface area contributed by atoms with E-state index in [-0.39, 0.29) is 11.4 Å². The largest absolute Gasteiger partial charge is 0.376 e. The zero-order valence-electron chi connectivity index (χ0n) is 12.0. The van der Waals surface area contributed by atoms with Crippen molar-refractivity contribution in [1.29, 1.82) is 0 Å². The summed E-state index contributed by atoms with van der Waals surface area (Å²) in [5.41, 5.74) is 1.53. The maximum atomic E-state index is 12.9. The summed E-state index contributed by atoms with van der Waals surface area (Å²) in [7, 11) is 1.75. The quantitative estimate of drug-likeness (QED) is 0.917. The Morgan fingerprint density at radius 2 is 1.90 bits per heavy atom. The SMILES string of the molecule is COC1(CNc2ccc(-c3ccc(F)cc3)nn2)CCC1. The molecule has 1 aliphatic rings. The number of hydrogen-bond donors (Lipinski definition) is 1. The number of aromatic nitrogens is 2. The average Bonchev–Trinajstić information content (AvgIpc) is 2.48. The van der Waals surface area contributed by atoms with Gasteiger partial charge in [-0.1, -0.05) is 0 Å². The molecule has 5 heteroatoms. The fraction of sp³-hybridized carbons (Fsp3) is 0.375. The van der Waals surface area contributed by atoms with Crippen LogP contribution in [0, 0.1) is 5.82 Å². The molecular formula is C16H18FN3O. The Labute approximate surface area is 123 Å². The standard InChI is InChI=1S/C16H18FN3O/c1-21-16(9-2-10-16)11-18-15-8-7-14(19-20-15)12-3-5-13(17)6-4-12/h3-8H,2,9-11H2,1H3,(H,18,20). The summed E-state index contributed by atoms with van der Waals surface area (Å²) in [5.74, 6) is 0.472. The normalized spacial score (nSPS) is 16.3. The van der Waals surface area contributed by atoms with Crippen LogP contribution in [-0.4, -0.2) is 29.5 Å². The second-order valence-corrected chi connectivity index (χ2v) is 5.40. The van der Waals surface area contributed by atoms with Gasteiger partial charge in [0.2, 0.25) is 0 Å². The van der Waals surface area contributed by atoms with E-state index in [4.69, 9.17) is 4.74 Å². The summed E-state index contributed by atoms with van der Waals surface area (Å²) in [6, 6.07) is 9.99. The maximum absolute atomic E-state index is 12.9. The summed E-state index contributed by atoms with van der Waals surface area (Å²) >= 11 is 0. The first kappa shape index (κ1) is 13.9. The van der Waals surface area contributed by atoms with Crippen molar-refractivity contribution in [3.63, 3.8) is 0 Å². The monoisotopic (exact) mass is 287 g/mol. The fourth-order valence-corrected chi connectivity index (χ4v) is 2.48. The van der Waals surface area contributed by atoms with Gasteiger partial charge in [-0.3, -0.25) is 0 Å². The first-order valence-electron chi connectivity index (χ1n) is 7.09. The van der Waals surface area contributed by atoms with Gasteiger partial charge in [0.1, 0.15) is 11.6 Å². The van der Waals surface area contributed by atoms with Gasteiger partial charge in [0.05, 0.1) is 11.3 Å². The molecule has 0 amide bonds. The van der Waals surface area contributed by atoms with E-state index in [1.165, 1.54) is 18.6 Å². The Balaban J connectivity index is 1.65. The topological polar surface area (TPSA) is 47.0 Å². The molecule has 1 aromatic heterocycles. The predicted molar refractivity (Wildman–Crippen MR) is 79.5 cm³/mol. The molecule has 0 aliphatic heterocycles. The van der Waals surface area contributed by atoms with Crippen LogP contribution in [-0.2, 0) is 4.74 Å². The number of nitrogens with zero attached hydrogens (tertiary/aromatic N) is 2. The molecule has 4 nitrogen and oxygen atoms in total. The lowest BCUT2D eigenvalue weighted by Crippen LogP contribution is -2.45. The molecule has 0 radical (unpaired) electrons. The Morgan fingerprint density at radius 1 is 1.14 bits per heavy atom. The molecule has 1 N–H and O–H groups in total. The maximum Gasteiger partial charge on any atom is 0.148 e. The van der Waals surface area contributed by atoms with Gasteiger partial charge < -0.3 is 10.1 Å². The Morgan fingerprint density at radius 3 is 2.43 bits per heavy atom. The van der Waals surface area contributed by atoms with Gasteiger partial charge in [-0.25, -0.2) is 4.39 Å². The van der Waals surface area contributed by atoms with Gasteiger partial charge >= 0.3 is 0 Å². The van der Waals surface area contributed by atoms with Crippen molar-refractivity contribution in [2.24, 2.45) is 0 Å². The third kappa shape index (κ3) is 3.03. The lowest BCUT2D eigenvalue weighted by Gasteiger charge is -2.40. The molecule has 2 aromatic rings. The van der Waals surface area contributed by atoms with E-state index in [1.807, 2.05) is 12.1 Å². The van der Waals surface area contributed by atoms with Gasteiger partial charge in [-0.2, -0.15) is 0 Å². The second kappa shape index (κ2) is 5.77. The van der Waals surface area contributed by atoms with Crippen molar-refractivity contribution in [3.05, 3.63) is 42.2 Å². The van der Waals surface area contributed by atoms with E-state index in [9.17, 15) is 4.39 Å². The molecule has 21 heavy (non-hydrogen) atoms. The molecule has 3 rings (SSSR count). The van der Waals surface area contributed by atoms with Gasteiger partial charge in [-0.05, 0) is 55.7 Å². The number of benzene rings is 1. The van der Waals surface area contributed by atoms with Gasteiger partial charge in [-0.15, -0.1) is 10.2 Å². The Hall–Kier alpha value is -2.01. The third-order valence-corrected chi connectivity index (χ3v) is 4.09. The minimum Gasteiger partial charge on any atom is -0.376 e. The van der Waals surface area contributed by atoms with E-state index in [0.717, 1.165) is 36.5 Å². The minimum atomic E-state index is -0.254. The summed E-state index contributed by atoms with van der Waals surface area (Å²) in [6.45, 7) is 0.744. The molecule has 1 aromatic carbocycles. The highest BCUT2D eigenvalue weighted by Gasteiger charge is 2.36. The highest BCUT2D eigenvalue weighted by Crippen LogP contribution is 2.34. The molecule has 110 valence electrons. The highest BCUT2D eigenvalue weighted by atomic mass is 19.1. The molecule has 0 bridgehead atoms. The number of anilines is 1. The van der Waals surface area contributed by atoms with E-state index in [2.05, 4.69) is 15.5 Å². The van der Waals surface area contributed by atoms with Crippen LogP contribution in [0.2, 0.25) is 0 Å². The van der Waals surface area contributed by atoms with Crippen molar-refractivity contribution < 1.29 is 9.13 Å². The summed E-state index contributed by atoms with van der Waals surface area (Å²) in [4.78, 5) is 0. The molecule has 1 saturated carbocycles. The van der Waals surface area contributed by atoms with Crippen LogP contribution in [0.5, 0.6) is 0 Å². The summed E-state index contributed by atoms with van der Waals surface area (Å²) < 4.78 is 18.4. The molecular weight excluding hydrogens is 269 g/mol. The smallest absolute Gasteiger partial charge is 0.148 e. The van der Waals surface area contributed by atoms with Crippen molar-refractivity contribution in [1.82, 2.24) is 10.2 Å². The highest BCUT2D eigenvalue weighted by molar-refractivity contribution is 5.59. The third-order valence-electron chi connectivity index (χ3n) is 4.09. The molecule has 0 atom stereocenters. The zero-order valence-corrected chi connectivity index (χ0v) is 12.0. The summed E-state index contributed by atoms with van der Waals surface area (Å²) in [5, 5.41) is 11.6. The Kier molecular flexibility index (Phi) is 3.84. The van der Waals surface area contributed by atoms with Crippen LogP contribution < -0.4 is 5.32 Å². The van der Waals surface area contributed by atoms with Crippen molar-refractivity contribution in [3.8, 4) is 11.3 Å². The summed E-state index contributed by atoms with van der Waals surface area (Å²) in [6.07, 6.45) is 3.37. The zero-order chi connectivity index (χ0) is 14.7. The Bertz CT molecular complexity index is 588. The molecule has 1 heterocycles. The average molecular weight is 287 g/mol. The molecule has 0 spiro atoms. The number of halogens is 1. The van der Waals surface area contributed by atoms with E-state index >= 15 is 0 Å². The van der Waals surface area contributed by atoms with E-state index < -0.39 is 0 Å². The number of rotatable bonds is 5. The number of methoxy groups -OCH3 is 1. The first-order chi connectivity index (χ1) is 10.2. The number of ether oxygens (including phenoxy) is 1. The van der Waals surface area contributed by atoms with Crippen molar-refractivity contribution in [2.75, 3.05) is 19.0 Å². The molecule has 0 unspecified atom stereocenters. The van der Waals surface area contributed by atoms with Gasteiger partial charge in [0.25, 0.3) is 0 Å². The van der Waals surface area contributed by atoms with E-state index in [1.54, 1.807) is 19.2 Å². The van der Waals surface area contributed by atoms with Gasteiger partial charge in [0, 0.05) is 19.2 Å². The van der Waals surface area contributed by atoms with Crippen LogP contribution in [0.3, 0.4) is 0 Å². The second-order valence-electron chi connectivity index (χ2n) is 5.40. The van der Waals surface area contributed by atoms with Crippen LogP contribution in [0.4, 0.5) is 10.2 Å². The number of hydrogen-bond acceptors (Lipinski definition) is 4. The van der Waals surface area contributed by atoms with Crippen molar-refractivity contribution >= 4 is 5.82 Å². The van der Waals surface area contributed by atoms with Crippen molar-refractivity contribution in [2.45, 2.75) is 24.9 Å².